The average Bonchev–Trinajstić information content (AvgIpc) is 3.49. The number of benzene rings is 3. The predicted octanol–water partition coefficient (Wildman–Crippen LogP) is 8.05. The lowest BCUT2D eigenvalue weighted by Gasteiger charge is -2.40. The van der Waals surface area contributed by atoms with Crippen molar-refractivity contribution in [2.24, 2.45) is 0 Å². The number of nitrogens with zero attached hydrogens (tertiary/aromatic N) is 5. The predicted molar refractivity (Wildman–Crippen MR) is 183 cm³/mol. The Morgan fingerprint density at radius 2 is 1.47 bits per heavy atom. The number of likely N-dealkylation sites (tertiary alicyclic amines) is 1. The molecular formula is C34H33F5N6O4S2. The summed E-state index contributed by atoms with van der Waals surface area (Å²) in [6, 6.07) is 22.0. The maximum atomic E-state index is 13.5. The summed E-state index contributed by atoms with van der Waals surface area (Å²) in [6.45, 7) is 1.41. The van der Waals surface area contributed by atoms with E-state index in [4.69, 9.17) is 4.74 Å². The first kappa shape index (κ1) is 34.7. The van der Waals surface area contributed by atoms with Gasteiger partial charge in [0.05, 0.1) is 10.8 Å². The van der Waals surface area contributed by atoms with Crippen LogP contribution in [-0.2, 0) is 21.4 Å². The molecule has 1 N–H and O–H groups in total. The molecule has 1 amide bonds. The summed E-state index contributed by atoms with van der Waals surface area (Å²) < 4.78 is 101. The normalized spacial score (nSPS) is 17.8. The van der Waals surface area contributed by atoms with Gasteiger partial charge in [-0.25, -0.2) is 13.2 Å². The molecular weight excluding hydrogens is 716 g/mol. The second-order valence-electron chi connectivity index (χ2n) is 12.7. The van der Waals surface area contributed by atoms with Crippen molar-refractivity contribution in [1.82, 2.24) is 23.8 Å². The molecule has 5 aromatic rings. The lowest BCUT2D eigenvalue weighted by molar-refractivity contribution is 0.0648. The van der Waals surface area contributed by atoms with E-state index in [1.807, 2.05) is 53.1 Å². The second-order valence-corrected chi connectivity index (χ2v) is 17.0. The number of nitrogens with one attached hydrogen (secondary N) is 1. The van der Waals surface area contributed by atoms with Crippen molar-refractivity contribution in [3.8, 4) is 11.1 Å². The van der Waals surface area contributed by atoms with Crippen LogP contribution in [0.25, 0.3) is 16.8 Å². The largest absolute Gasteiger partial charge is 0.445 e. The van der Waals surface area contributed by atoms with Gasteiger partial charge in [0.15, 0.2) is 5.65 Å². The molecule has 2 aliphatic heterocycles. The fourth-order valence-corrected chi connectivity index (χ4v) is 8.33. The highest BCUT2D eigenvalue weighted by atomic mass is 32.5. The Bertz CT molecular complexity index is 2170. The number of sulfonamides is 1. The van der Waals surface area contributed by atoms with Crippen LogP contribution in [-0.4, -0.2) is 70.5 Å². The number of piperidine rings is 1. The molecule has 270 valence electrons. The van der Waals surface area contributed by atoms with E-state index in [9.17, 15) is 32.6 Å². The minimum Gasteiger partial charge on any atom is -0.445 e. The lowest BCUT2D eigenvalue weighted by Crippen LogP contribution is -2.49. The van der Waals surface area contributed by atoms with E-state index in [-0.39, 0.29) is 42.2 Å². The summed E-state index contributed by atoms with van der Waals surface area (Å²) in [5, 5.41) is 11.6. The third-order valence-electron chi connectivity index (χ3n) is 9.09. The molecule has 0 unspecified atom stereocenters. The number of halogens is 5. The molecule has 17 heteroatoms. The summed E-state index contributed by atoms with van der Waals surface area (Å²) in [7, 11) is -13.6. The summed E-state index contributed by atoms with van der Waals surface area (Å²) in [5.74, 6) is 0.674. The molecule has 0 spiro atoms. The Morgan fingerprint density at radius 1 is 0.824 bits per heavy atom. The van der Waals surface area contributed by atoms with Gasteiger partial charge in [-0.05, 0) is 78.1 Å². The van der Waals surface area contributed by atoms with Crippen molar-refractivity contribution in [3.63, 3.8) is 0 Å². The van der Waals surface area contributed by atoms with Crippen LogP contribution in [0.3, 0.4) is 0 Å². The zero-order valence-corrected chi connectivity index (χ0v) is 28.6. The Balaban J connectivity index is 0.953. The molecule has 2 fully saturated rings. The maximum absolute atomic E-state index is 13.5. The van der Waals surface area contributed by atoms with E-state index in [1.54, 1.807) is 17.0 Å². The first-order chi connectivity index (χ1) is 24.0. The van der Waals surface area contributed by atoms with Crippen molar-refractivity contribution in [2.75, 3.05) is 31.5 Å². The van der Waals surface area contributed by atoms with E-state index in [1.165, 1.54) is 16.4 Å². The topological polar surface area (TPSA) is 109 Å². The van der Waals surface area contributed by atoms with Gasteiger partial charge in [-0.3, -0.25) is 4.40 Å². The third kappa shape index (κ3) is 7.50. The number of hydrogen-bond donors (Lipinski definition) is 1. The SMILES string of the molecule is O=C(OCc1ccccc1)N1CC(c2nnc3ccc(-c4ccc(S(=O)(=O)N5CCC(Nc6ccc(S(F)(F)(F)(F)F)cc6)CC5)cc4)cn23)C1. The van der Waals surface area contributed by atoms with Gasteiger partial charge in [0.2, 0.25) is 10.0 Å². The number of hydrogen-bond acceptors (Lipinski definition) is 7. The molecule has 0 radical (unpaired) electrons. The Kier molecular flexibility index (Phi) is 8.30. The Labute approximate surface area is 290 Å². The van der Waals surface area contributed by atoms with Gasteiger partial charge in [0.25, 0.3) is 0 Å². The highest BCUT2D eigenvalue weighted by Crippen LogP contribution is 3.02. The Morgan fingerprint density at radius 3 is 2.12 bits per heavy atom. The molecule has 51 heavy (non-hydrogen) atoms. The van der Waals surface area contributed by atoms with E-state index in [2.05, 4.69) is 15.5 Å². The maximum Gasteiger partial charge on any atom is 0.410 e. The molecule has 0 saturated carbocycles. The number of aromatic nitrogens is 3. The van der Waals surface area contributed by atoms with Gasteiger partial charge in [-0.15, -0.1) is 10.2 Å². The number of fused-ring (bicyclic) bond motifs is 1. The molecule has 2 aromatic heterocycles. The minimum absolute atomic E-state index is 0.0320. The minimum atomic E-state index is -9.76. The van der Waals surface area contributed by atoms with Crippen molar-refractivity contribution >= 4 is 37.7 Å². The molecule has 7 rings (SSSR count). The lowest BCUT2D eigenvalue weighted by atomic mass is 10.00. The Hall–Kier alpha value is -4.74. The van der Waals surface area contributed by atoms with E-state index >= 15 is 0 Å². The standard InChI is InChI=1S/C34H33F5N6O4S2/c35-51(36,37,38,39)31-13-9-28(10-14-31)40-29-16-18-44(19-17-29)50(47,48)30-11-6-25(7-12-30)26-8-15-32-41-42-33(45(32)22-26)27-20-43(21-27)34(46)49-23-24-4-2-1-3-5-24/h1-15,22,27,29,40H,16-21,23H2. The number of rotatable bonds is 9. The number of carbonyl (C=O) groups excluding carboxylic acids is 1. The number of amides is 1. The van der Waals surface area contributed by atoms with Crippen LogP contribution in [0.4, 0.5) is 29.9 Å². The van der Waals surface area contributed by atoms with Gasteiger partial charge >= 0.3 is 16.3 Å². The fourth-order valence-electron chi connectivity index (χ4n) is 6.21. The van der Waals surface area contributed by atoms with E-state index in [0.29, 0.717) is 49.5 Å². The van der Waals surface area contributed by atoms with Crippen LogP contribution in [0.15, 0.2) is 107 Å². The monoisotopic (exact) mass is 748 g/mol. The summed E-state index contributed by atoms with van der Waals surface area (Å²) in [5.41, 5.74) is 3.36. The second kappa shape index (κ2) is 12.2. The van der Waals surface area contributed by atoms with Crippen molar-refractivity contribution in [2.45, 2.75) is 41.2 Å². The number of anilines is 1. The molecule has 10 nitrogen and oxygen atoms in total. The molecule has 4 heterocycles. The smallest absolute Gasteiger partial charge is 0.410 e. The van der Waals surface area contributed by atoms with E-state index < -0.39 is 31.2 Å². The van der Waals surface area contributed by atoms with Gasteiger partial charge < -0.3 is 15.0 Å². The first-order valence-corrected chi connectivity index (χ1v) is 19.4. The number of pyridine rings is 1. The summed E-state index contributed by atoms with van der Waals surface area (Å²) >= 11 is 0. The van der Waals surface area contributed by atoms with Gasteiger partial charge in [0, 0.05) is 44.1 Å². The summed E-state index contributed by atoms with van der Waals surface area (Å²) in [4.78, 5) is 12.3. The van der Waals surface area contributed by atoms with Crippen molar-refractivity contribution in [3.05, 3.63) is 109 Å². The molecule has 0 aliphatic carbocycles. The van der Waals surface area contributed by atoms with Crippen LogP contribution in [0, 0.1) is 0 Å². The molecule has 0 bridgehead atoms. The van der Waals surface area contributed by atoms with Crippen LogP contribution in [0.5, 0.6) is 0 Å². The van der Waals surface area contributed by atoms with Gasteiger partial charge in [-0.1, -0.05) is 61.9 Å². The van der Waals surface area contributed by atoms with Crippen LogP contribution < -0.4 is 5.32 Å². The zero-order chi connectivity index (χ0) is 36.1. The zero-order valence-electron chi connectivity index (χ0n) is 26.9. The molecule has 2 saturated heterocycles. The van der Waals surface area contributed by atoms with Crippen LogP contribution >= 0.6 is 10.2 Å². The van der Waals surface area contributed by atoms with Crippen molar-refractivity contribution in [1.29, 1.82) is 0 Å². The van der Waals surface area contributed by atoms with Gasteiger partial charge in [-0.2, -0.15) is 4.31 Å². The first-order valence-electron chi connectivity index (χ1n) is 16.1. The van der Waals surface area contributed by atoms with Gasteiger partial charge in [0.1, 0.15) is 17.3 Å². The van der Waals surface area contributed by atoms with Crippen LogP contribution in [0.1, 0.15) is 30.1 Å². The number of carbonyl (C=O) groups is 1. The van der Waals surface area contributed by atoms with Crippen LogP contribution in [0.2, 0.25) is 0 Å². The highest BCUT2D eigenvalue weighted by Gasteiger charge is 2.65. The molecule has 3 aromatic carbocycles. The van der Waals surface area contributed by atoms with Crippen molar-refractivity contribution < 1.29 is 37.4 Å². The highest BCUT2D eigenvalue weighted by molar-refractivity contribution is 8.45. The summed E-state index contributed by atoms with van der Waals surface area (Å²) in [6.07, 6.45) is 2.23. The quantitative estimate of drug-likeness (QED) is 0.152. The molecule has 2 aliphatic rings. The fraction of sp³-hybridized carbons (Fsp3) is 0.265. The third-order valence-corrected chi connectivity index (χ3v) is 12.2. The van der Waals surface area contributed by atoms with E-state index in [0.717, 1.165) is 28.8 Å². The molecule has 0 atom stereocenters. The average molecular weight is 749 g/mol. The number of ether oxygens (including phenoxy) is 1.